The molecule has 0 radical (unpaired) electrons. The van der Waals surface area contributed by atoms with Gasteiger partial charge in [0.05, 0.1) is 12.2 Å². The minimum atomic E-state index is -0.560. The normalized spacial score (nSPS) is 13.5. The molecule has 1 fully saturated rings. The number of nitrogens with zero attached hydrogens (tertiary/aromatic N) is 1. The second-order valence-corrected chi connectivity index (χ2v) is 6.57. The maximum atomic E-state index is 12.3. The van der Waals surface area contributed by atoms with Crippen molar-refractivity contribution in [2.75, 3.05) is 24.7 Å². The largest absolute Gasteiger partial charge is 0.494 e. The Labute approximate surface area is 164 Å². The molecule has 3 rings (SSSR count). The molecule has 0 aliphatic carbocycles. The number of ether oxygens (including phenoxy) is 2. The Morgan fingerprint density at radius 3 is 2.29 bits per heavy atom. The van der Waals surface area contributed by atoms with Gasteiger partial charge in [-0.1, -0.05) is 6.92 Å². The maximum Gasteiger partial charge on any atom is 0.338 e. The Morgan fingerprint density at radius 2 is 1.68 bits per heavy atom. The second-order valence-electron chi connectivity index (χ2n) is 6.57. The van der Waals surface area contributed by atoms with E-state index < -0.39 is 5.97 Å². The molecule has 1 aliphatic heterocycles. The van der Waals surface area contributed by atoms with Gasteiger partial charge < -0.3 is 14.4 Å². The molecule has 0 bridgehead atoms. The fourth-order valence-corrected chi connectivity index (χ4v) is 2.95. The first-order valence-corrected chi connectivity index (χ1v) is 9.42. The van der Waals surface area contributed by atoms with E-state index in [4.69, 9.17) is 9.47 Å². The first-order valence-electron chi connectivity index (χ1n) is 9.42. The van der Waals surface area contributed by atoms with Crippen molar-refractivity contribution in [3.63, 3.8) is 0 Å². The minimum Gasteiger partial charge on any atom is -0.494 e. The van der Waals surface area contributed by atoms with Crippen LogP contribution in [-0.2, 0) is 9.53 Å². The molecule has 1 heterocycles. The van der Waals surface area contributed by atoms with E-state index in [1.807, 2.05) is 6.92 Å². The van der Waals surface area contributed by atoms with Gasteiger partial charge in [-0.05, 0) is 61.4 Å². The lowest BCUT2D eigenvalue weighted by Gasteiger charge is -2.15. The zero-order chi connectivity index (χ0) is 19.9. The molecule has 0 saturated carbocycles. The molecule has 0 atom stereocenters. The second kappa shape index (κ2) is 9.17. The van der Waals surface area contributed by atoms with Gasteiger partial charge in [-0.2, -0.15) is 0 Å². The summed E-state index contributed by atoms with van der Waals surface area (Å²) in [4.78, 5) is 37.9. The van der Waals surface area contributed by atoms with E-state index in [0.717, 1.165) is 18.5 Å². The lowest BCUT2D eigenvalue weighted by Crippen LogP contribution is -2.23. The predicted octanol–water partition coefficient (Wildman–Crippen LogP) is 3.64. The highest BCUT2D eigenvalue weighted by Gasteiger charge is 2.21. The molecule has 2 aromatic rings. The molecule has 0 unspecified atom stereocenters. The molecule has 1 saturated heterocycles. The average Bonchev–Trinajstić information content (AvgIpc) is 3.16. The van der Waals surface area contributed by atoms with Crippen molar-refractivity contribution in [2.24, 2.45) is 0 Å². The Balaban J connectivity index is 1.53. The van der Waals surface area contributed by atoms with Crippen molar-refractivity contribution >= 4 is 23.3 Å². The number of esters is 1. The SMILES string of the molecule is CCCOc1ccc(C(=O)OCC(=O)c2ccc(N3CCCC3=O)cc2)cc1. The number of benzene rings is 2. The fourth-order valence-electron chi connectivity index (χ4n) is 2.95. The van der Waals surface area contributed by atoms with Crippen LogP contribution >= 0.6 is 0 Å². The first-order chi connectivity index (χ1) is 13.6. The average molecular weight is 381 g/mol. The van der Waals surface area contributed by atoms with E-state index in [1.54, 1.807) is 53.4 Å². The molecule has 146 valence electrons. The molecule has 1 amide bonds. The van der Waals surface area contributed by atoms with Crippen molar-refractivity contribution in [3.05, 3.63) is 59.7 Å². The van der Waals surface area contributed by atoms with E-state index in [1.165, 1.54) is 0 Å². The number of hydrogen-bond donors (Lipinski definition) is 0. The number of anilines is 1. The highest BCUT2D eigenvalue weighted by Crippen LogP contribution is 2.21. The molecule has 28 heavy (non-hydrogen) atoms. The van der Waals surface area contributed by atoms with Crippen molar-refractivity contribution in [2.45, 2.75) is 26.2 Å². The topological polar surface area (TPSA) is 72.9 Å². The minimum absolute atomic E-state index is 0.0964. The van der Waals surface area contributed by atoms with Crippen molar-refractivity contribution in [3.8, 4) is 5.75 Å². The molecular weight excluding hydrogens is 358 g/mol. The van der Waals surface area contributed by atoms with Crippen LogP contribution in [0, 0.1) is 0 Å². The summed E-state index contributed by atoms with van der Waals surface area (Å²) < 4.78 is 10.6. The summed E-state index contributed by atoms with van der Waals surface area (Å²) >= 11 is 0. The predicted molar refractivity (Wildman–Crippen MR) is 105 cm³/mol. The molecular formula is C22H23NO5. The smallest absolute Gasteiger partial charge is 0.338 e. The lowest BCUT2D eigenvalue weighted by atomic mass is 10.1. The summed E-state index contributed by atoms with van der Waals surface area (Å²) in [5.41, 5.74) is 1.58. The van der Waals surface area contributed by atoms with Gasteiger partial charge >= 0.3 is 5.97 Å². The number of carbonyl (C=O) groups is 3. The third-order valence-corrected chi connectivity index (χ3v) is 4.47. The van der Waals surface area contributed by atoms with E-state index in [2.05, 4.69) is 0 Å². The van der Waals surface area contributed by atoms with E-state index >= 15 is 0 Å². The zero-order valence-electron chi connectivity index (χ0n) is 15.8. The van der Waals surface area contributed by atoms with Crippen molar-refractivity contribution < 1.29 is 23.9 Å². The van der Waals surface area contributed by atoms with E-state index in [9.17, 15) is 14.4 Å². The van der Waals surface area contributed by atoms with Gasteiger partial charge in [-0.15, -0.1) is 0 Å². The number of hydrogen-bond acceptors (Lipinski definition) is 5. The van der Waals surface area contributed by atoms with E-state index in [-0.39, 0.29) is 18.3 Å². The maximum absolute atomic E-state index is 12.3. The molecule has 2 aromatic carbocycles. The zero-order valence-corrected chi connectivity index (χ0v) is 15.8. The number of rotatable bonds is 8. The number of carbonyl (C=O) groups excluding carboxylic acids is 3. The highest BCUT2D eigenvalue weighted by molar-refractivity contribution is 6.00. The van der Waals surface area contributed by atoms with Gasteiger partial charge in [-0.25, -0.2) is 4.79 Å². The summed E-state index contributed by atoms with van der Waals surface area (Å²) in [6, 6.07) is 13.4. The Bertz CT molecular complexity index is 842. The Kier molecular flexibility index (Phi) is 6.42. The summed E-state index contributed by atoms with van der Waals surface area (Å²) in [5.74, 6) is -0.0737. The molecule has 0 spiro atoms. The van der Waals surface area contributed by atoms with Crippen LogP contribution in [0.25, 0.3) is 0 Å². The quantitative estimate of drug-likeness (QED) is 0.516. The van der Waals surface area contributed by atoms with Gasteiger partial charge in [0.1, 0.15) is 5.75 Å². The van der Waals surface area contributed by atoms with E-state index in [0.29, 0.717) is 36.4 Å². The van der Waals surface area contributed by atoms with Gasteiger partial charge in [0, 0.05) is 24.2 Å². The summed E-state index contributed by atoms with van der Waals surface area (Å²) in [6.45, 7) is 2.99. The number of amides is 1. The molecule has 0 aromatic heterocycles. The molecule has 0 N–H and O–H groups in total. The third-order valence-electron chi connectivity index (χ3n) is 4.47. The fraction of sp³-hybridized carbons (Fsp3) is 0.318. The van der Waals surface area contributed by atoms with Gasteiger partial charge in [0.25, 0.3) is 0 Å². The van der Waals surface area contributed by atoms with Crippen LogP contribution in [-0.4, -0.2) is 37.4 Å². The summed E-state index contributed by atoms with van der Waals surface area (Å²) in [7, 11) is 0. The standard InChI is InChI=1S/C22H23NO5/c1-2-14-27-19-11-7-17(8-12-19)22(26)28-15-20(24)16-5-9-18(10-6-16)23-13-3-4-21(23)25/h5-12H,2-4,13-15H2,1H3. The molecule has 6 heteroatoms. The van der Waals surface area contributed by atoms with Gasteiger partial charge in [-0.3, -0.25) is 9.59 Å². The summed E-state index contributed by atoms with van der Waals surface area (Å²) in [5, 5.41) is 0. The third kappa shape index (κ3) is 4.76. The van der Waals surface area contributed by atoms with Crippen LogP contribution in [0.1, 0.15) is 46.9 Å². The first kappa shape index (κ1) is 19.6. The van der Waals surface area contributed by atoms with Crippen LogP contribution in [0.15, 0.2) is 48.5 Å². The van der Waals surface area contributed by atoms with Crippen LogP contribution in [0.5, 0.6) is 5.75 Å². The van der Waals surface area contributed by atoms with Gasteiger partial charge in [0.2, 0.25) is 5.91 Å². The number of ketones is 1. The summed E-state index contributed by atoms with van der Waals surface area (Å²) in [6.07, 6.45) is 2.31. The van der Waals surface area contributed by atoms with Crippen molar-refractivity contribution in [1.82, 2.24) is 0 Å². The highest BCUT2D eigenvalue weighted by atomic mass is 16.5. The van der Waals surface area contributed by atoms with Gasteiger partial charge in [0.15, 0.2) is 12.4 Å². The monoisotopic (exact) mass is 381 g/mol. The molecule has 1 aliphatic rings. The van der Waals surface area contributed by atoms with Crippen LogP contribution in [0.2, 0.25) is 0 Å². The van der Waals surface area contributed by atoms with Crippen molar-refractivity contribution in [1.29, 1.82) is 0 Å². The van der Waals surface area contributed by atoms with Crippen LogP contribution in [0.3, 0.4) is 0 Å². The van der Waals surface area contributed by atoms with Crippen LogP contribution < -0.4 is 9.64 Å². The Morgan fingerprint density at radius 1 is 1.00 bits per heavy atom. The Hall–Kier alpha value is -3.15. The van der Waals surface area contributed by atoms with Crippen LogP contribution in [0.4, 0.5) is 5.69 Å². The number of Topliss-reactive ketones (excluding diaryl/α,β-unsaturated/α-hetero) is 1. The lowest BCUT2D eigenvalue weighted by molar-refractivity contribution is -0.117. The molecule has 6 nitrogen and oxygen atoms in total.